The molecule has 94 valence electrons. The molecule has 0 amide bonds. The minimum Gasteiger partial charge on any atom is -0.291 e. The molecule has 0 spiro atoms. The first kappa shape index (κ1) is 12.4. The van der Waals surface area contributed by atoms with Crippen molar-refractivity contribution < 1.29 is 0 Å². The van der Waals surface area contributed by atoms with Gasteiger partial charge in [0.1, 0.15) is 0 Å². The average Bonchev–Trinajstić information content (AvgIpc) is 3.08. The van der Waals surface area contributed by atoms with Crippen LogP contribution >= 0.6 is 27.3 Å². The summed E-state index contributed by atoms with van der Waals surface area (Å²) in [6.07, 6.45) is 2.72. The molecule has 1 saturated carbocycles. The highest BCUT2D eigenvalue weighted by Crippen LogP contribution is 2.30. The van der Waals surface area contributed by atoms with Gasteiger partial charge in [0.05, 0.1) is 0 Å². The van der Waals surface area contributed by atoms with Crippen LogP contribution in [0.1, 0.15) is 23.3 Å². The minimum atomic E-state index is 0.797. The third-order valence-electron chi connectivity index (χ3n) is 3.28. The molecule has 1 nitrogen and oxygen atoms in total. The molecule has 0 aliphatic heterocycles. The van der Waals surface area contributed by atoms with Crippen molar-refractivity contribution >= 4 is 27.3 Å². The lowest BCUT2D eigenvalue weighted by Crippen LogP contribution is -2.24. The molecular formula is C15H16BrNS. The fourth-order valence-corrected chi connectivity index (χ4v) is 3.40. The van der Waals surface area contributed by atoms with E-state index in [2.05, 4.69) is 62.6 Å². The largest absolute Gasteiger partial charge is 0.291 e. The van der Waals surface area contributed by atoms with E-state index in [1.54, 1.807) is 0 Å². The van der Waals surface area contributed by atoms with Crippen molar-refractivity contribution in [2.45, 2.75) is 32.0 Å². The number of thiophene rings is 1. The van der Waals surface area contributed by atoms with Gasteiger partial charge in [-0.1, -0.05) is 34.1 Å². The zero-order valence-corrected chi connectivity index (χ0v) is 12.6. The third kappa shape index (κ3) is 3.22. The molecule has 3 heteroatoms. The molecule has 1 heterocycles. The fraction of sp³-hybridized carbons (Fsp3) is 0.333. The quantitative estimate of drug-likeness (QED) is 0.773. The van der Waals surface area contributed by atoms with E-state index in [1.807, 2.05) is 11.3 Å². The van der Waals surface area contributed by atoms with Gasteiger partial charge < -0.3 is 0 Å². The van der Waals surface area contributed by atoms with E-state index in [1.165, 1.54) is 27.8 Å². The summed E-state index contributed by atoms with van der Waals surface area (Å²) in [5, 5.41) is 2.17. The normalized spacial score (nSPS) is 15.2. The standard InChI is InChI=1S/C15H16BrNS/c16-13-4-1-3-12(9-13)10-17(14-6-7-14)11-15-5-2-8-18-15/h1-5,8-9,14H,6-7,10-11H2. The Labute approximate surface area is 121 Å². The fourth-order valence-electron chi connectivity index (χ4n) is 2.23. The zero-order valence-electron chi connectivity index (χ0n) is 10.2. The van der Waals surface area contributed by atoms with Crippen molar-refractivity contribution in [3.05, 3.63) is 56.7 Å². The molecule has 1 aliphatic rings. The SMILES string of the molecule is Brc1cccc(CN(Cc2cccs2)C2CC2)c1. The first-order valence-corrected chi connectivity index (χ1v) is 7.99. The number of halogens is 1. The first-order valence-electron chi connectivity index (χ1n) is 6.32. The third-order valence-corrected chi connectivity index (χ3v) is 4.63. The van der Waals surface area contributed by atoms with Gasteiger partial charge in [0.25, 0.3) is 0 Å². The van der Waals surface area contributed by atoms with Crippen molar-refractivity contribution in [2.75, 3.05) is 0 Å². The second kappa shape index (κ2) is 5.55. The molecule has 3 rings (SSSR count). The Morgan fingerprint density at radius 2 is 2.06 bits per heavy atom. The van der Waals surface area contributed by atoms with Crippen molar-refractivity contribution in [2.24, 2.45) is 0 Å². The van der Waals surface area contributed by atoms with Crippen LogP contribution < -0.4 is 0 Å². The molecule has 1 aromatic heterocycles. The van der Waals surface area contributed by atoms with Gasteiger partial charge in [-0.25, -0.2) is 0 Å². The van der Waals surface area contributed by atoms with E-state index in [0.717, 1.165) is 19.1 Å². The Morgan fingerprint density at radius 3 is 2.72 bits per heavy atom. The number of benzene rings is 1. The van der Waals surface area contributed by atoms with Crippen LogP contribution in [0.5, 0.6) is 0 Å². The summed E-state index contributed by atoms with van der Waals surface area (Å²) in [6, 6.07) is 13.8. The van der Waals surface area contributed by atoms with Crippen LogP contribution in [0.15, 0.2) is 46.3 Å². The summed E-state index contributed by atoms with van der Waals surface area (Å²) in [4.78, 5) is 4.07. The van der Waals surface area contributed by atoms with Crippen molar-refractivity contribution in [3.8, 4) is 0 Å². The molecule has 0 bridgehead atoms. The Morgan fingerprint density at radius 1 is 1.17 bits per heavy atom. The first-order chi connectivity index (χ1) is 8.81. The van der Waals surface area contributed by atoms with Crippen LogP contribution in [0.4, 0.5) is 0 Å². The van der Waals surface area contributed by atoms with Gasteiger partial charge in [-0.05, 0) is 42.0 Å². The molecule has 1 fully saturated rings. The lowest BCUT2D eigenvalue weighted by molar-refractivity contribution is 0.248. The molecule has 0 unspecified atom stereocenters. The smallest absolute Gasteiger partial charge is 0.0334 e. The molecule has 2 aromatic rings. The highest BCUT2D eigenvalue weighted by Gasteiger charge is 2.29. The zero-order chi connectivity index (χ0) is 12.4. The summed E-state index contributed by atoms with van der Waals surface area (Å²) in [5.41, 5.74) is 1.40. The lowest BCUT2D eigenvalue weighted by atomic mass is 10.2. The maximum absolute atomic E-state index is 3.55. The number of hydrogen-bond donors (Lipinski definition) is 0. The van der Waals surface area contributed by atoms with E-state index in [-0.39, 0.29) is 0 Å². The molecule has 18 heavy (non-hydrogen) atoms. The lowest BCUT2D eigenvalue weighted by Gasteiger charge is -2.21. The highest BCUT2D eigenvalue weighted by molar-refractivity contribution is 9.10. The highest BCUT2D eigenvalue weighted by atomic mass is 79.9. The van der Waals surface area contributed by atoms with Gasteiger partial charge >= 0.3 is 0 Å². The topological polar surface area (TPSA) is 3.24 Å². The van der Waals surface area contributed by atoms with Crippen LogP contribution in [0.2, 0.25) is 0 Å². The van der Waals surface area contributed by atoms with E-state index < -0.39 is 0 Å². The van der Waals surface area contributed by atoms with E-state index in [0.29, 0.717) is 0 Å². The summed E-state index contributed by atoms with van der Waals surface area (Å²) in [6.45, 7) is 2.15. The number of nitrogens with zero attached hydrogens (tertiary/aromatic N) is 1. The predicted octanol–water partition coefficient (Wildman–Crippen LogP) is 4.68. The van der Waals surface area contributed by atoms with Crippen LogP contribution in [-0.4, -0.2) is 10.9 Å². The van der Waals surface area contributed by atoms with Crippen LogP contribution in [0.3, 0.4) is 0 Å². The van der Waals surface area contributed by atoms with Gasteiger partial charge in [0.2, 0.25) is 0 Å². The monoisotopic (exact) mass is 321 g/mol. The molecule has 0 atom stereocenters. The molecule has 1 aliphatic carbocycles. The molecule has 0 saturated heterocycles. The second-order valence-electron chi connectivity index (χ2n) is 4.85. The van der Waals surface area contributed by atoms with Gasteiger partial charge in [0.15, 0.2) is 0 Å². The van der Waals surface area contributed by atoms with E-state index in [9.17, 15) is 0 Å². The maximum atomic E-state index is 3.55. The van der Waals surface area contributed by atoms with Crippen LogP contribution in [0.25, 0.3) is 0 Å². The van der Waals surface area contributed by atoms with Gasteiger partial charge in [-0.3, -0.25) is 4.90 Å². The minimum absolute atomic E-state index is 0.797. The van der Waals surface area contributed by atoms with Crippen molar-refractivity contribution in [1.29, 1.82) is 0 Å². The van der Waals surface area contributed by atoms with Gasteiger partial charge in [-0.15, -0.1) is 11.3 Å². The molecule has 0 radical (unpaired) electrons. The molecule has 1 aromatic carbocycles. The van der Waals surface area contributed by atoms with Crippen molar-refractivity contribution in [3.63, 3.8) is 0 Å². The van der Waals surface area contributed by atoms with Crippen LogP contribution in [-0.2, 0) is 13.1 Å². The summed E-state index contributed by atoms with van der Waals surface area (Å²) >= 11 is 5.41. The maximum Gasteiger partial charge on any atom is 0.0334 e. The number of hydrogen-bond acceptors (Lipinski definition) is 2. The van der Waals surface area contributed by atoms with E-state index in [4.69, 9.17) is 0 Å². The number of rotatable bonds is 5. The predicted molar refractivity (Wildman–Crippen MR) is 80.7 cm³/mol. The summed E-state index contributed by atoms with van der Waals surface area (Å²) < 4.78 is 1.17. The Bertz CT molecular complexity index is 505. The van der Waals surface area contributed by atoms with Crippen molar-refractivity contribution in [1.82, 2.24) is 4.90 Å². The molecular weight excluding hydrogens is 306 g/mol. The van der Waals surface area contributed by atoms with Gasteiger partial charge in [0, 0.05) is 28.5 Å². The van der Waals surface area contributed by atoms with Crippen LogP contribution in [0, 0.1) is 0 Å². The average molecular weight is 322 g/mol. The summed E-state index contributed by atoms with van der Waals surface area (Å²) in [5.74, 6) is 0. The Kier molecular flexibility index (Phi) is 3.83. The van der Waals surface area contributed by atoms with Gasteiger partial charge in [-0.2, -0.15) is 0 Å². The second-order valence-corrected chi connectivity index (χ2v) is 6.79. The Balaban J connectivity index is 1.70. The molecule has 0 N–H and O–H groups in total. The summed E-state index contributed by atoms with van der Waals surface area (Å²) in [7, 11) is 0. The van der Waals surface area contributed by atoms with E-state index >= 15 is 0 Å². The Hall–Kier alpha value is -0.640.